The van der Waals surface area contributed by atoms with E-state index in [0.717, 1.165) is 51.5 Å². The monoisotopic (exact) mass is 499 g/mol. The smallest absolute Gasteiger partial charge is 0.456 e. The van der Waals surface area contributed by atoms with Gasteiger partial charge in [-0.15, -0.1) is 0 Å². The molecule has 0 radical (unpaired) electrons. The van der Waals surface area contributed by atoms with Gasteiger partial charge in [0.2, 0.25) is 0 Å². The highest BCUT2D eigenvalue weighted by Gasteiger charge is 2.51. The summed E-state index contributed by atoms with van der Waals surface area (Å²) in [5.41, 5.74) is 9.31. The molecule has 3 aromatic carbocycles. The summed E-state index contributed by atoms with van der Waals surface area (Å²) in [7, 11) is -0.386. The molecule has 2 aliphatic rings. The van der Waals surface area contributed by atoms with Crippen molar-refractivity contribution in [3.05, 3.63) is 90.3 Å². The number of benzene rings is 3. The molecular formula is C33H30BNO3. The largest absolute Gasteiger partial charge is 0.494 e. The van der Waals surface area contributed by atoms with E-state index in [2.05, 4.69) is 99.4 Å². The molecule has 7 rings (SSSR count). The second kappa shape index (κ2) is 8.42. The molecule has 0 N–H and O–H groups in total. The van der Waals surface area contributed by atoms with Crippen LogP contribution in [0.25, 0.3) is 50.3 Å². The highest BCUT2D eigenvalue weighted by atomic mass is 16.7. The van der Waals surface area contributed by atoms with E-state index in [9.17, 15) is 0 Å². The van der Waals surface area contributed by atoms with E-state index >= 15 is 0 Å². The zero-order valence-corrected chi connectivity index (χ0v) is 22.2. The first-order valence-electron chi connectivity index (χ1n) is 13.4. The summed E-state index contributed by atoms with van der Waals surface area (Å²) in [5, 5.41) is 2.37. The number of fused-ring (bicyclic) bond motifs is 5. The average molecular weight is 499 g/mol. The first-order chi connectivity index (χ1) is 18.3. The molecule has 0 bridgehead atoms. The van der Waals surface area contributed by atoms with E-state index in [1.54, 1.807) is 0 Å². The SMILES string of the molecule is CC1(C)OB(c2cccc(-c3ccc4oc5cc(-c6cccnc6)c6c(c5c4c3)CCC=C6)c2)OC1(C)C. The topological polar surface area (TPSA) is 44.5 Å². The van der Waals surface area contributed by atoms with Crippen LogP contribution in [0.15, 0.2) is 83.6 Å². The van der Waals surface area contributed by atoms with Gasteiger partial charge in [-0.25, -0.2) is 0 Å². The van der Waals surface area contributed by atoms with Crippen molar-refractivity contribution in [3.8, 4) is 22.3 Å². The Hall–Kier alpha value is -3.67. The maximum absolute atomic E-state index is 6.44. The van der Waals surface area contributed by atoms with Crippen molar-refractivity contribution in [3.63, 3.8) is 0 Å². The van der Waals surface area contributed by atoms with Crippen molar-refractivity contribution in [1.29, 1.82) is 0 Å². The molecule has 0 spiro atoms. The van der Waals surface area contributed by atoms with Crippen molar-refractivity contribution in [1.82, 2.24) is 4.98 Å². The number of allylic oxidation sites excluding steroid dienone is 1. The molecule has 0 unspecified atom stereocenters. The molecule has 5 aromatic rings. The van der Waals surface area contributed by atoms with Crippen molar-refractivity contribution in [2.45, 2.75) is 51.7 Å². The molecule has 2 aromatic heterocycles. The van der Waals surface area contributed by atoms with Gasteiger partial charge in [-0.2, -0.15) is 0 Å². The van der Waals surface area contributed by atoms with E-state index in [1.807, 2.05) is 18.5 Å². The summed E-state index contributed by atoms with van der Waals surface area (Å²) < 4.78 is 19.1. The number of hydrogen-bond donors (Lipinski definition) is 0. The minimum absolute atomic E-state index is 0.371. The lowest BCUT2D eigenvalue weighted by Crippen LogP contribution is -2.41. The normalized spacial score (nSPS) is 17.8. The van der Waals surface area contributed by atoms with Gasteiger partial charge >= 0.3 is 7.12 Å². The van der Waals surface area contributed by atoms with E-state index in [4.69, 9.17) is 13.7 Å². The van der Waals surface area contributed by atoms with Gasteiger partial charge in [0.15, 0.2) is 0 Å². The molecule has 0 amide bonds. The number of furan rings is 1. The van der Waals surface area contributed by atoms with Crippen LogP contribution < -0.4 is 5.46 Å². The number of aryl methyl sites for hydroxylation is 1. The number of nitrogens with zero attached hydrogens (tertiary/aromatic N) is 1. The molecule has 0 atom stereocenters. The quantitative estimate of drug-likeness (QED) is 0.240. The highest BCUT2D eigenvalue weighted by molar-refractivity contribution is 6.62. The maximum atomic E-state index is 6.44. The predicted octanol–water partition coefficient (Wildman–Crippen LogP) is 7.57. The summed E-state index contributed by atoms with van der Waals surface area (Å²) in [5.74, 6) is 0. The maximum Gasteiger partial charge on any atom is 0.494 e. The van der Waals surface area contributed by atoms with E-state index < -0.39 is 0 Å². The predicted molar refractivity (Wildman–Crippen MR) is 155 cm³/mol. The number of pyridine rings is 1. The molecule has 5 heteroatoms. The molecule has 1 aliphatic carbocycles. The molecule has 1 aliphatic heterocycles. The standard InChI is InChI=1S/C33H30BNO3/c1-32(2)33(3,4)38-34(37-32)24-11-7-9-21(17-24)22-14-15-29-28(18-22)31-26-13-6-5-12-25(26)27(19-30(31)36-29)23-10-8-16-35-20-23/h5,7-12,14-20H,6,13H2,1-4H3. The Balaban J connectivity index is 1.35. The minimum atomic E-state index is -0.386. The Morgan fingerprint density at radius 2 is 1.61 bits per heavy atom. The fourth-order valence-electron chi connectivity index (χ4n) is 5.70. The summed E-state index contributed by atoms with van der Waals surface area (Å²) in [6.45, 7) is 8.35. The molecular weight excluding hydrogens is 469 g/mol. The Kier molecular flexibility index (Phi) is 5.20. The first-order valence-corrected chi connectivity index (χ1v) is 13.4. The Labute approximate surface area is 223 Å². The van der Waals surface area contributed by atoms with Gasteiger partial charge in [0.25, 0.3) is 0 Å². The molecule has 4 nitrogen and oxygen atoms in total. The number of aromatic nitrogens is 1. The minimum Gasteiger partial charge on any atom is -0.456 e. The fraction of sp³-hybridized carbons (Fsp3) is 0.242. The molecule has 3 heterocycles. The Morgan fingerprint density at radius 1 is 0.816 bits per heavy atom. The second-order valence-electron chi connectivity index (χ2n) is 11.4. The fourth-order valence-corrected chi connectivity index (χ4v) is 5.70. The van der Waals surface area contributed by atoms with Gasteiger partial charge in [0.1, 0.15) is 11.2 Å². The van der Waals surface area contributed by atoms with Crippen LogP contribution >= 0.6 is 0 Å². The van der Waals surface area contributed by atoms with Crippen LogP contribution in [0.3, 0.4) is 0 Å². The molecule has 188 valence electrons. The first kappa shape index (κ1) is 23.5. The summed E-state index contributed by atoms with van der Waals surface area (Å²) >= 11 is 0. The number of rotatable bonds is 3. The molecule has 38 heavy (non-hydrogen) atoms. The van der Waals surface area contributed by atoms with Crippen LogP contribution in [0, 0.1) is 0 Å². The van der Waals surface area contributed by atoms with Crippen LogP contribution in [0.2, 0.25) is 0 Å². The lowest BCUT2D eigenvalue weighted by atomic mass is 9.78. The molecule has 0 saturated carbocycles. The third kappa shape index (κ3) is 3.64. The Bertz CT molecular complexity index is 1720. The van der Waals surface area contributed by atoms with Crippen LogP contribution in [0.4, 0.5) is 0 Å². The highest BCUT2D eigenvalue weighted by Crippen LogP contribution is 2.42. The lowest BCUT2D eigenvalue weighted by molar-refractivity contribution is 0.00578. The van der Waals surface area contributed by atoms with Gasteiger partial charge in [-0.3, -0.25) is 4.98 Å². The Morgan fingerprint density at radius 3 is 2.39 bits per heavy atom. The summed E-state index contributed by atoms with van der Waals surface area (Å²) in [4.78, 5) is 4.36. The zero-order chi connectivity index (χ0) is 26.1. The van der Waals surface area contributed by atoms with E-state index in [-0.39, 0.29) is 18.3 Å². The molecule has 1 saturated heterocycles. The van der Waals surface area contributed by atoms with Crippen molar-refractivity contribution < 1.29 is 13.7 Å². The van der Waals surface area contributed by atoms with Crippen LogP contribution in [0.5, 0.6) is 0 Å². The van der Waals surface area contributed by atoms with Gasteiger partial charge in [-0.1, -0.05) is 48.6 Å². The lowest BCUT2D eigenvalue weighted by Gasteiger charge is -2.32. The third-order valence-electron chi connectivity index (χ3n) is 8.47. The van der Waals surface area contributed by atoms with Crippen molar-refractivity contribution in [2.75, 3.05) is 0 Å². The average Bonchev–Trinajstić information content (AvgIpc) is 3.41. The van der Waals surface area contributed by atoms with Crippen LogP contribution in [-0.4, -0.2) is 23.3 Å². The zero-order valence-electron chi connectivity index (χ0n) is 22.2. The molecule has 1 fully saturated rings. The van der Waals surface area contributed by atoms with Crippen LogP contribution in [-0.2, 0) is 15.7 Å². The van der Waals surface area contributed by atoms with Gasteiger partial charge < -0.3 is 13.7 Å². The van der Waals surface area contributed by atoms with Crippen LogP contribution in [0.1, 0.15) is 45.2 Å². The summed E-state index contributed by atoms with van der Waals surface area (Å²) in [6.07, 6.45) is 10.3. The van der Waals surface area contributed by atoms with Gasteiger partial charge in [-0.05, 0) is 98.1 Å². The van der Waals surface area contributed by atoms with E-state index in [0.29, 0.717) is 0 Å². The third-order valence-corrected chi connectivity index (χ3v) is 8.47. The van der Waals surface area contributed by atoms with Crippen molar-refractivity contribution in [2.24, 2.45) is 0 Å². The number of hydrogen-bond acceptors (Lipinski definition) is 4. The van der Waals surface area contributed by atoms with Gasteiger partial charge in [0.05, 0.1) is 11.2 Å². The summed E-state index contributed by atoms with van der Waals surface area (Å²) in [6, 6.07) is 21.3. The second-order valence-corrected chi connectivity index (χ2v) is 11.4. The van der Waals surface area contributed by atoms with Gasteiger partial charge in [0, 0.05) is 28.7 Å². The van der Waals surface area contributed by atoms with E-state index in [1.165, 1.54) is 22.1 Å². The van der Waals surface area contributed by atoms with Crippen molar-refractivity contribution >= 4 is 40.6 Å².